The fraction of sp³-hybridized carbons (Fsp3) is 0.125. The number of phenols is 1. The molecule has 5 nitrogen and oxygen atoms in total. The Morgan fingerprint density at radius 2 is 2.17 bits per heavy atom. The average Bonchev–Trinajstić information content (AvgIpc) is 2.55. The van der Waals surface area contributed by atoms with E-state index in [0.717, 1.165) is 4.47 Å². The fourth-order valence-corrected chi connectivity index (χ4v) is 2.64. The molecule has 0 atom stereocenters. The van der Waals surface area contributed by atoms with Crippen molar-refractivity contribution >= 4 is 51.3 Å². The minimum atomic E-state index is -0.407. The number of hydrazone groups is 1. The summed E-state index contributed by atoms with van der Waals surface area (Å²) in [5.41, 5.74) is 2.94. The zero-order valence-corrected chi connectivity index (χ0v) is 15.6. The van der Waals surface area contributed by atoms with Crippen LogP contribution in [0.5, 0.6) is 11.5 Å². The van der Waals surface area contributed by atoms with Crippen LogP contribution >= 0.6 is 39.1 Å². The van der Waals surface area contributed by atoms with Crippen molar-refractivity contribution in [3.05, 3.63) is 56.0 Å². The number of benzene rings is 2. The zero-order chi connectivity index (χ0) is 17.7. The fourth-order valence-electron chi connectivity index (χ4n) is 1.85. The largest absolute Gasteiger partial charge is 0.504 e. The standard InChI is InChI=1S/C16H13BrCl2N2O3/c1-2-24-13-7-12(18)14(19)11(15(13)22)8-20-21-16(23)9-4-3-5-10(17)6-9/h3-8,22H,2H2,1H3,(H,21,23)/b20-8+. The minimum absolute atomic E-state index is 0.109. The number of hydrogen-bond donors (Lipinski definition) is 2. The highest BCUT2D eigenvalue weighted by Gasteiger charge is 2.15. The van der Waals surface area contributed by atoms with Gasteiger partial charge in [0.15, 0.2) is 11.5 Å². The summed E-state index contributed by atoms with van der Waals surface area (Å²) in [4.78, 5) is 12.0. The predicted octanol–water partition coefficient (Wildman–Crippen LogP) is 4.62. The van der Waals surface area contributed by atoms with Crippen molar-refractivity contribution in [2.45, 2.75) is 6.92 Å². The molecular formula is C16H13BrCl2N2O3. The molecule has 8 heteroatoms. The molecule has 2 rings (SSSR count). The van der Waals surface area contributed by atoms with Crippen LogP contribution in [0, 0.1) is 0 Å². The summed E-state index contributed by atoms with van der Waals surface area (Å²) in [7, 11) is 0. The van der Waals surface area contributed by atoms with Crippen molar-refractivity contribution in [3.63, 3.8) is 0 Å². The van der Waals surface area contributed by atoms with Gasteiger partial charge in [-0.2, -0.15) is 5.10 Å². The molecule has 0 saturated carbocycles. The number of rotatable bonds is 5. The van der Waals surface area contributed by atoms with Crippen molar-refractivity contribution in [2.75, 3.05) is 6.61 Å². The van der Waals surface area contributed by atoms with E-state index < -0.39 is 5.91 Å². The molecule has 0 fully saturated rings. The van der Waals surface area contributed by atoms with E-state index in [1.165, 1.54) is 12.3 Å². The van der Waals surface area contributed by atoms with Crippen LogP contribution < -0.4 is 10.2 Å². The predicted molar refractivity (Wildman–Crippen MR) is 98.5 cm³/mol. The van der Waals surface area contributed by atoms with Crippen LogP contribution in [-0.2, 0) is 0 Å². The highest BCUT2D eigenvalue weighted by Crippen LogP contribution is 2.39. The Hall–Kier alpha value is -1.76. The third-order valence-electron chi connectivity index (χ3n) is 2.94. The van der Waals surface area contributed by atoms with Gasteiger partial charge >= 0.3 is 0 Å². The first-order chi connectivity index (χ1) is 11.4. The SMILES string of the molecule is CCOc1cc(Cl)c(Cl)c(/C=N/NC(=O)c2cccc(Br)c2)c1O. The van der Waals surface area contributed by atoms with Crippen molar-refractivity contribution < 1.29 is 14.6 Å². The van der Waals surface area contributed by atoms with Gasteiger partial charge in [-0.15, -0.1) is 0 Å². The molecule has 0 bridgehead atoms. The monoisotopic (exact) mass is 430 g/mol. The second kappa shape index (κ2) is 8.37. The number of amides is 1. The number of halogens is 3. The van der Waals surface area contributed by atoms with E-state index >= 15 is 0 Å². The van der Waals surface area contributed by atoms with Gasteiger partial charge in [0.05, 0.1) is 28.4 Å². The number of ether oxygens (including phenoxy) is 1. The van der Waals surface area contributed by atoms with E-state index in [2.05, 4.69) is 26.5 Å². The van der Waals surface area contributed by atoms with Crippen LogP contribution in [0.15, 0.2) is 39.9 Å². The van der Waals surface area contributed by atoms with Gasteiger partial charge in [-0.3, -0.25) is 4.79 Å². The number of carbonyl (C=O) groups is 1. The number of hydrogen-bond acceptors (Lipinski definition) is 4. The molecule has 0 aliphatic heterocycles. The van der Waals surface area contributed by atoms with Gasteiger partial charge in [-0.05, 0) is 25.1 Å². The van der Waals surface area contributed by atoms with Crippen LogP contribution in [0.25, 0.3) is 0 Å². The lowest BCUT2D eigenvalue weighted by atomic mass is 10.2. The third kappa shape index (κ3) is 4.41. The number of nitrogens with one attached hydrogen (secondary N) is 1. The number of aromatic hydroxyl groups is 1. The molecule has 0 radical (unpaired) electrons. The van der Waals surface area contributed by atoms with Crippen molar-refractivity contribution in [3.8, 4) is 11.5 Å². The maximum atomic E-state index is 12.0. The van der Waals surface area contributed by atoms with Crippen LogP contribution in [0.2, 0.25) is 10.0 Å². The Morgan fingerprint density at radius 1 is 1.42 bits per heavy atom. The third-order valence-corrected chi connectivity index (χ3v) is 4.23. The van der Waals surface area contributed by atoms with E-state index in [1.54, 1.807) is 31.2 Å². The van der Waals surface area contributed by atoms with Crippen molar-refractivity contribution in [2.24, 2.45) is 5.10 Å². The molecule has 0 saturated heterocycles. The summed E-state index contributed by atoms with van der Waals surface area (Å²) in [6.45, 7) is 2.12. The lowest BCUT2D eigenvalue weighted by molar-refractivity contribution is 0.0955. The first-order valence-electron chi connectivity index (χ1n) is 6.86. The van der Waals surface area contributed by atoms with Crippen molar-refractivity contribution in [1.82, 2.24) is 5.43 Å². The van der Waals surface area contributed by atoms with Crippen LogP contribution in [0.4, 0.5) is 0 Å². The number of carbonyl (C=O) groups excluding carboxylic acids is 1. The normalized spacial score (nSPS) is 10.8. The minimum Gasteiger partial charge on any atom is -0.504 e. The molecule has 126 valence electrons. The molecule has 2 aromatic rings. The van der Waals surface area contributed by atoms with E-state index in [1.807, 2.05) is 0 Å². The first-order valence-corrected chi connectivity index (χ1v) is 8.41. The summed E-state index contributed by atoms with van der Waals surface area (Å²) in [5.74, 6) is -0.423. The maximum absolute atomic E-state index is 12.0. The zero-order valence-electron chi connectivity index (χ0n) is 12.5. The Labute approximate surface area is 157 Å². The second-order valence-corrected chi connectivity index (χ2v) is 6.28. The summed E-state index contributed by atoms with van der Waals surface area (Å²) < 4.78 is 6.05. The maximum Gasteiger partial charge on any atom is 0.271 e. The molecule has 1 amide bonds. The van der Waals surface area contributed by atoms with Crippen LogP contribution in [0.1, 0.15) is 22.8 Å². The quantitative estimate of drug-likeness (QED) is 0.535. The molecule has 0 heterocycles. The summed E-state index contributed by atoms with van der Waals surface area (Å²) in [5, 5.41) is 14.3. The highest BCUT2D eigenvalue weighted by atomic mass is 79.9. The van der Waals surface area contributed by atoms with Gasteiger partial charge in [-0.1, -0.05) is 45.2 Å². The van der Waals surface area contributed by atoms with Gasteiger partial charge in [0.1, 0.15) is 0 Å². The Bertz CT molecular complexity index is 797. The molecule has 0 aliphatic rings. The van der Waals surface area contributed by atoms with Crippen molar-refractivity contribution in [1.29, 1.82) is 0 Å². The van der Waals surface area contributed by atoms with Gasteiger partial charge in [-0.25, -0.2) is 5.43 Å². The van der Waals surface area contributed by atoms with E-state index in [9.17, 15) is 9.90 Å². The Balaban J connectivity index is 2.21. The molecule has 0 aromatic heterocycles. The van der Waals surface area contributed by atoms with Gasteiger partial charge in [0, 0.05) is 16.1 Å². The smallest absolute Gasteiger partial charge is 0.271 e. The number of phenolic OH excluding ortho intramolecular Hbond substituents is 1. The molecule has 2 N–H and O–H groups in total. The van der Waals surface area contributed by atoms with E-state index in [4.69, 9.17) is 27.9 Å². The highest BCUT2D eigenvalue weighted by molar-refractivity contribution is 9.10. The molecule has 24 heavy (non-hydrogen) atoms. The summed E-state index contributed by atoms with van der Waals surface area (Å²) in [6.07, 6.45) is 1.21. The molecule has 0 aliphatic carbocycles. The van der Waals surface area contributed by atoms with Gasteiger partial charge < -0.3 is 9.84 Å². The van der Waals surface area contributed by atoms with Gasteiger partial charge in [0.25, 0.3) is 5.91 Å². The van der Waals surface area contributed by atoms with Gasteiger partial charge in [0.2, 0.25) is 0 Å². The van der Waals surface area contributed by atoms with Crippen LogP contribution in [0.3, 0.4) is 0 Å². The van der Waals surface area contributed by atoms with Crippen LogP contribution in [-0.4, -0.2) is 23.8 Å². The molecule has 0 unspecified atom stereocenters. The summed E-state index contributed by atoms with van der Waals surface area (Å²) >= 11 is 15.4. The molecular weight excluding hydrogens is 419 g/mol. The first kappa shape index (κ1) is 18.6. The molecule has 2 aromatic carbocycles. The van der Waals surface area contributed by atoms with E-state index in [0.29, 0.717) is 12.2 Å². The second-order valence-electron chi connectivity index (χ2n) is 4.58. The lowest BCUT2D eigenvalue weighted by Crippen LogP contribution is -2.17. The Morgan fingerprint density at radius 3 is 2.83 bits per heavy atom. The lowest BCUT2D eigenvalue weighted by Gasteiger charge is -2.10. The number of nitrogens with zero attached hydrogens (tertiary/aromatic N) is 1. The topological polar surface area (TPSA) is 70.9 Å². The molecule has 0 spiro atoms. The Kier molecular flexibility index (Phi) is 6.48. The van der Waals surface area contributed by atoms with E-state index in [-0.39, 0.29) is 27.1 Å². The summed E-state index contributed by atoms with van der Waals surface area (Å²) in [6, 6.07) is 8.25. The average molecular weight is 432 g/mol.